The molecule has 0 spiro atoms. The summed E-state index contributed by atoms with van der Waals surface area (Å²) in [5.74, 6) is -0.974. The fourth-order valence-electron chi connectivity index (χ4n) is 3.47. The number of benzene rings is 1. The molecule has 1 aromatic heterocycles. The molecule has 8 nitrogen and oxygen atoms in total. The van der Waals surface area contributed by atoms with Crippen LogP contribution in [0.15, 0.2) is 30.5 Å². The number of nitrogens with one attached hydrogen (secondary N) is 1. The molecule has 2 N–H and O–H groups in total. The van der Waals surface area contributed by atoms with Crippen LogP contribution < -0.4 is 19.5 Å². The van der Waals surface area contributed by atoms with Crippen LogP contribution in [0.2, 0.25) is 0 Å². The minimum atomic E-state index is -0.816. The predicted octanol–water partition coefficient (Wildman–Crippen LogP) is 3.11. The van der Waals surface area contributed by atoms with Crippen molar-refractivity contribution in [2.45, 2.75) is 31.7 Å². The first-order valence-corrected chi connectivity index (χ1v) is 9.26. The van der Waals surface area contributed by atoms with Crippen LogP contribution in [0, 0.1) is 11.7 Å². The Hall–Kier alpha value is -3.36. The lowest BCUT2D eigenvalue weighted by Gasteiger charge is -2.27. The molecule has 2 aliphatic rings. The Morgan fingerprint density at radius 2 is 1.90 bits per heavy atom. The highest BCUT2D eigenvalue weighted by molar-refractivity contribution is 5.96. The van der Waals surface area contributed by atoms with Gasteiger partial charge < -0.3 is 24.6 Å². The van der Waals surface area contributed by atoms with Crippen molar-refractivity contribution in [3.8, 4) is 23.1 Å². The van der Waals surface area contributed by atoms with Crippen LogP contribution in [-0.4, -0.2) is 34.8 Å². The molecule has 1 aromatic carbocycles. The third-order valence-corrected chi connectivity index (χ3v) is 5.03. The second-order valence-corrected chi connectivity index (χ2v) is 6.98. The molecule has 0 atom stereocenters. The Balaban J connectivity index is 1.48. The van der Waals surface area contributed by atoms with E-state index in [0.717, 1.165) is 12.3 Å². The molecule has 0 radical (unpaired) electrons. The normalized spacial score (nSPS) is 20.2. The van der Waals surface area contributed by atoms with Crippen molar-refractivity contribution in [3.63, 3.8) is 0 Å². The minimum Gasteiger partial charge on any atom is -0.481 e. The summed E-state index contributed by atoms with van der Waals surface area (Å²) in [5, 5.41) is 11.9. The van der Waals surface area contributed by atoms with E-state index in [-0.39, 0.29) is 30.2 Å². The van der Waals surface area contributed by atoms with Crippen molar-refractivity contribution < 1.29 is 33.3 Å². The molecule has 0 bridgehead atoms. The van der Waals surface area contributed by atoms with Crippen molar-refractivity contribution in [1.82, 2.24) is 10.3 Å². The number of aliphatic carboxylic acids is 1. The molecule has 0 unspecified atom stereocenters. The summed E-state index contributed by atoms with van der Waals surface area (Å²) in [7, 11) is 0. The number of rotatable bonds is 5. The number of hydrogen-bond donors (Lipinski definition) is 2. The zero-order valence-corrected chi connectivity index (χ0v) is 15.4. The van der Waals surface area contributed by atoms with Gasteiger partial charge in [-0.2, -0.15) is 0 Å². The van der Waals surface area contributed by atoms with E-state index in [1.54, 1.807) is 18.2 Å². The third kappa shape index (κ3) is 4.23. The number of halogens is 1. The maximum absolute atomic E-state index is 13.7. The van der Waals surface area contributed by atoms with Gasteiger partial charge in [-0.15, -0.1) is 0 Å². The van der Waals surface area contributed by atoms with Gasteiger partial charge in [-0.3, -0.25) is 9.59 Å². The number of nitrogens with zero attached hydrogens (tertiary/aromatic N) is 1. The van der Waals surface area contributed by atoms with Gasteiger partial charge in [0.05, 0.1) is 12.1 Å². The summed E-state index contributed by atoms with van der Waals surface area (Å²) in [6.45, 7) is 0.116. The average molecular weight is 402 g/mol. The van der Waals surface area contributed by atoms with Gasteiger partial charge >= 0.3 is 5.97 Å². The first-order chi connectivity index (χ1) is 14.0. The van der Waals surface area contributed by atoms with Gasteiger partial charge in [-0.1, -0.05) is 0 Å². The number of carboxylic acid groups (broad SMARTS) is 1. The van der Waals surface area contributed by atoms with Crippen LogP contribution in [0.3, 0.4) is 0 Å². The smallest absolute Gasteiger partial charge is 0.306 e. The SMILES string of the molecule is O=C(N[C@H]1CC[C@@H](C(=O)O)CC1)c1cc(F)cnc1Oc1ccc2c(c1)OCO2. The molecule has 1 amide bonds. The highest BCUT2D eigenvalue weighted by Crippen LogP contribution is 2.37. The summed E-state index contributed by atoms with van der Waals surface area (Å²) in [5.41, 5.74) is -0.0389. The van der Waals surface area contributed by atoms with Crippen LogP contribution >= 0.6 is 0 Å². The molecule has 1 saturated carbocycles. The Kier molecular flexibility index (Phi) is 5.20. The standard InChI is InChI=1S/C20H19FN2O6/c21-12-7-15(18(24)23-13-3-1-11(2-4-13)20(25)26)19(22-9-12)29-14-5-6-16-17(8-14)28-10-27-16/h5-9,11,13H,1-4,10H2,(H,23,24)(H,25,26)/t11-,13+. The lowest BCUT2D eigenvalue weighted by atomic mass is 9.86. The quantitative estimate of drug-likeness (QED) is 0.791. The summed E-state index contributed by atoms with van der Waals surface area (Å²) in [6, 6.07) is 5.78. The highest BCUT2D eigenvalue weighted by atomic mass is 19.1. The number of carboxylic acids is 1. The number of hydrogen-bond acceptors (Lipinski definition) is 6. The van der Waals surface area contributed by atoms with Crippen molar-refractivity contribution in [3.05, 3.63) is 41.8 Å². The van der Waals surface area contributed by atoms with Crippen molar-refractivity contribution >= 4 is 11.9 Å². The number of ether oxygens (including phenoxy) is 3. The second-order valence-electron chi connectivity index (χ2n) is 6.98. The van der Waals surface area contributed by atoms with E-state index in [2.05, 4.69) is 10.3 Å². The third-order valence-electron chi connectivity index (χ3n) is 5.03. The monoisotopic (exact) mass is 402 g/mol. The number of carbonyl (C=O) groups is 2. The van der Waals surface area contributed by atoms with Crippen molar-refractivity contribution in [1.29, 1.82) is 0 Å². The Bertz CT molecular complexity index is 943. The molecule has 2 aromatic rings. The molecule has 29 heavy (non-hydrogen) atoms. The first kappa shape index (κ1) is 19.0. The molecule has 9 heteroatoms. The summed E-state index contributed by atoms with van der Waals surface area (Å²) in [4.78, 5) is 27.7. The van der Waals surface area contributed by atoms with Gasteiger partial charge in [0.25, 0.3) is 5.91 Å². The molecule has 2 heterocycles. The molecule has 1 aliphatic carbocycles. The van der Waals surface area contributed by atoms with E-state index < -0.39 is 17.7 Å². The molecule has 1 fully saturated rings. The minimum absolute atomic E-state index is 0.0389. The first-order valence-electron chi connectivity index (χ1n) is 9.26. The predicted molar refractivity (Wildman–Crippen MR) is 97.7 cm³/mol. The van der Waals surface area contributed by atoms with E-state index in [4.69, 9.17) is 19.3 Å². The van der Waals surface area contributed by atoms with E-state index >= 15 is 0 Å². The molecule has 152 valence electrons. The van der Waals surface area contributed by atoms with E-state index in [9.17, 15) is 14.0 Å². The molecule has 1 aliphatic heterocycles. The van der Waals surface area contributed by atoms with Gasteiger partial charge in [0.1, 0.15) is 17.1 Å². The van der Waals surface area contributed by atoms with Crippen LogP contribution in [0.5, 0.6) is 23.1 Å². The average Bonchev–Trinajstić information content (AvgIpc) is 3.17. The number of aromatic nitrogens is 1. The molecule has 4 rings (SSSR count). The van der Waals surface area contributed by atoms with Crippen LogP contribution in [0.1, 0.15) is 36.0 Å². The number of amides is 1. The van der Waals surface area contributed by atoms with Crippen LogP contribution in [-0.2, 0) is 4.79 Å². The van der Waals surface area contributed by atoms with Crippen LogP contribution in [0.25, 0.3) is 0 Å². The van der Waals surface area contributed by atoms with E-state index in [1.807, 2.05) is 0 Å². The Morgan fingerprint density at radius 1 is 1.14 bits per heavy atom. The molecular weight excluding hydrogens is 383 g/mol. The Labute approximate surface area is 165 Å². The molecular formula is C20H19FN2O6. The van der Waals surface area contributed by atoms with Gasteiger partial charge in [-0.05, 0) is 43.9 Å². The fraction of sp³-hybridized carbons (Fsp3) is 0.350. The van der Waals surface area contributed by atoms with Gasteiger partial charge in [0.2, 0.25) is 12.7 Å². The van der Waals surface area contributed by atoms with Gasteiger partial charge in [0, 0.05) is 12.1 Å². The van der Waals surface area contributed by atoms with Crippen LogP contribution in [0.4, 0.5) is 4.39 Å². The van der Waals surface area contributed by atoms with E-state index in [1.165, 1.54) is 0 Å². The largest absolute Gasteiger partial charge is 0.481 e. The maximum atomic E-state index is 13.7. The zero-order chi connectivity index (χ0) is 20.4. The maximum Gasteiger partial charge on any atom is 0.306 e. The topological polar surface area (TPSA) is 107 Å². The number of fused-ring (bicyclic) bond motifs is 1. The number of carbonyl (C=O) groups excluding carboxylic acids is 1. The number of pyridine rings is 1. The van der Waals surface area contributed by atoms with Gasteiger partial charge in [-0.25, -0.2) is 9.37 Å². The summed E-state index contributed by atoms with van der Waals surface area (Å²) >= 11 is 0. The summed E-state index contributed by atoms with van der Waals surface area (Å²) < 4.78 is 30.0. The lowest BCUT2D eigenvalue weighted by molar-refractivity contribution is -0.142. The highest BCUT2D eigenvalue weighted by Gasteiger charge is 2.28. The van der Waals surface area contributed by atoms with Gasteiger partial charge in [0.15, 0.2) is 11.5 Å². The Morgan fingerprint density at radius 3 is 2.66 bits per heavy atom. The van der Waals surface area contributed by atoms with Crippen molar-refractivity contribution in [2.75, 3.05) is 6.79 Å². The molecule has 0 saturated heterocycles. The lowest BCUT2D eigenvalue weighted by Crippen LogP contribution is -2.38. The second kappa shape index (κ2) is 7.94. The van der Waals surface area contributed by atoms with E-state index in [0.29, 0.717) is 42.9 Å². The van der Waals surface area contributed by atoms with Crippen molar-refractivity contribution in [2.24, 2.45) is 5.92 Å². The summed E-state index contributed by atoms with van der Waals surface area (Å²) in [6.07, 6.45) is 3.04. The zero-order valence-electron chi connectivity index (χ0n) is 15.4. The fourth-order valence-corrected chi connectivity index (χ4v) is 3.47.